The summed E-state index contributed by atoms with van der Waals surface area (Å²) in [7, 11) is 3.94. The number of likely N-dealkylation sites (N-methyl/N-ethyl adjacent to an activating group) is 1. The van der Waals surface area contributed by atoms with E-state index in [-0.39, 0.29) is 5.60 Å². The minimum absolute atomic E-state index is 0.0191. The van der Waals surface area contributed by atoms with Crippen LogP contribution in [0.15, 0.2) is 28.7 Å². The Morgan fingerprint density at radius 2 is 2.30 bits per heavy atom. The average Bonchev–Trinajstić information content (AvgIpc) is 2.44. The first kappa shape index (κ1) is 16.0. The van der Waals surface area contributed by atoms with Crippen LogP contribution in [0.1, 0.15) is 38.2 Å². The molecule has 0 amide bonds. The molecule has 3 heteroatoms. The molecule has 1 aromatic carbocycles. The van der Waals surface area contributed by atoms with Gasteiger partial charge in [-0.1, -0.05) is 47.8 Å². The third-order valence-electron chi connectivity index (χ3n) is 4.71. The summed E-state index contributed by atoms with van der Waals surface area (Å²) < 4.78 is 7.18. The molecule has 0 radical (unpaired) electrons. The number of ether oxygens (including phenoxy) is 1. The predicted octanol–water partition coefficient (Wildman–Crippen LogP) is 4.17. The fourth-order valence-electron chi connectivity index (χ4n) is 3.64. The van der Waals surface area contributed by atoms with E-state index in [1.807, 2.05) is 7.11 Å². The third-order valence-corrected chi connectivity index (χ3v) is 5.20. The van der Waals surface area contributed by atoms with Gasteiger partial charge < -0.3 is 10.1 Å². The van der Waals surface area contributed by atoms with Crippen molar-refractivity contribution in [2.45, 2.75) is 50.7 Å². The fourth-order valence-corrected chi connectivity index (χ4v) is 4.09. The Balaban J connectivity index is 2.17. The molecule has 1 saturated carbocycles. The van der Waals surface area contributed by atoms with Crippen molar-refractivity contribution in [2.75, 3.05) is 14.2 Å². The average molecular weight is 340 g/mol. The molecular formula is C17H26BrNO. The van der Waals surface area contributed by atoms with Crippen molar-refractivity contribution in [2.24, 2.45) is 5.92 Å². The third kappa shape index (κ3) is 3.63. The molecule has 0 heterocycles. The summed E-state index contributed by atoms with van der Waals surface area (Å²) in [5.74, 6) is 0.752. The van der Waals surface area contributed by atoms with Crippen molar-refractivity contribution < 1.29 is 4.74 Å². The van der Waals surface area contributed by atoms with E-state index >= 15 is 0 Å². The lowest BCUT2D eigenvalue weighted by molar-refractivity contribution is -0.0775. The van der Waals surface area contributed by atoms with Crippen molar-refractivity contribution in [3.8, 4) is 0 Å². The molecule has 0 spiro atoms. The summed E-state index contributed by atoms with van der Waals surface area (Å²) in [6.45, 7) is 2.35. The molecule has 0 saturated heterocycles. The Kier molecular flexibility index (Phi) is 5.65. The molecule has 0 bridgehead atoms. The number of hydrogen-bond donors (Lipinski definition) is 1. The first-order valence-electron chi connectivity index (χ1n) is 7.56. The van der Waals surface area contributed by atoms with Gasteiger partial charge in [0.2, 0.25) is 0 Å². The van der Waals surface area contributed by atoms with Gasteiger partial charge in [-0.2, -0.15) is 0 Å². The van der Waals surface area contributed by atoms with E-state index in [1.54, 1.807) is 0 Å². The summed E-state index contributed by atoms with van der Waals surface area (Å²) >= 11 is 3.56. The van der Waals surface area contributed by atoms with Gasteiger partial charge in [0.25, 0.3) is 0 Å². The number of methoxy groups -OCH3 is 1. The Morgan fingerprint density at radius 3 is 2.90 bits per heavy atom. The molecule has 3 unspecified atom stereocenters. The van der Waals surface area contributed by atoms with E-state index in [2.05, 4.69) is 59.5 Å². The van der Waals surface area contributed by atoms with Crippen molar-refractivity contribution in [3.05, 3.63) is 34.3 Å². The molecule has 112 valence electrons. The highest BCUT2D eigenvalue weighted by Crippen LogP contribution is 2.38. The summed E-state index contributed by atoms with van der Waals surface area (Å²) in [5, 5.41) is 3.51. The fraction of sp³-hybridized carbons (Fsp3) is 0.647. The molecule has 1 aliphatic rings. The molecule has 20 heavy (non-hydrogen) atoms. The molecule has 2 nitrogen and oxygen atoms in total. The standard InChI is InChI=1S/C17H26BrNO/c1-13-6-5-9-17(12-13,20-3)16(19-2)11-14-7-4-8-15(18)10-14/h4,7-8,10,13,16,19H,5-6,9,11-12H2,1-3H3. The van der Waals surface area contributed by atoms with Gasteiger partial charge in [0, 0.05) is 17.6 Å². The second-order valence-corrected chi connectivity index (χ2v) is 7.06. The van der Waals surface area contributed by atoms with Crippen molar-refractivity contribution in [1.29, 1.82) is 0 Å². The maximum atomic E-state index is 6.03. The van der Waals surface area contributed by atoms with Crippen LogP contribution in [0, 0.1) is 5.92 Å². The lowest BCUT2D eigenvalue weighted by Gasteiger charge is -2.44. The highest BCUT2D eigenvalue weighted by molar-refractivity contribution is 9.10. The molecule has 1 aliphatic carbocycles. The van der Waals surface area contributed by atoms with Gasteiger partial charge >= 0.3 is 0 Å². The predicted molar refractivity (Wildman–Crippen MR) is 88.1 cm³/mol. The van der Waals surface area contributed by atoms with Crippen LogP contribution in [0.4, 0.5) is 0 Å². The Hall–Kier alpha value is -0.380. The highest BCUT2D eigenvalue weighted by atomic mass is 79.9. The number of hydrogen-bond acceptors (Lipinski definition) is 2. The molecule has 0 aromatic heterocycles. The lowest BCUT2D eigenvalue weighted by atomic mass is 9.73. The highest BCUT2D eigenvalue weighted by Gasteiger charge is 2.41. The monoisotopic (exact) mass is 339 g/mol. The van der Waals surface area contributed by atoms with Crippen LogP contribution in [0.25, 0.3) is 0 Å². The number of nitrogens with one attached hydrogen (secondary N) is 1. The van der Waals surface area contributed by atoms with Crippen molar-refractivity contribution >= 4 is 15.9 Å². The summed E-state index contributed by atoms with van der Waals surface area (Å²) in [6.07, 6.45) is 5.93. The van der Waals surface area contributed by atoms with Crippen LogP contribution in [0.5, 0.6) is 0 Å². The molecule has 2 rings (SSSR count). The van der Waals surface area contributed by atoms with E-state index in [0.29, 0.717) is 6.04 Å². The van der Waals surface area contributed by atoms with E-state index in [4.69, 9.17) is 4.74 Å². The number of rotatable bonds is 5. The normalized spacial score (nSPS) is 28.3. The molecular weight excluding hydrogens is 314 g/mol. The van der Waals surface area contributed by atoms with Crippen LogP contribution in [0.2, 0.25) is 0 Å². The first-order chi connectivity index (χ1) is 9.59. The van der Waals surface area contributed by atoms with E-state index in [1.165, 1.54) is 18.4 Å². The van der Waals surface area contributed by atoms with Crippen molar-refractivity contribution in [1.82, 2.24) is 5.32 Å². The van der Waals surface area contributed by atoms with Gasteiger partial charge in [0.1, 0.15) is 0 Å². The van der Waals surface area contributed by atoms with Crippen LogP contribution in [-0.2, 0) is 11.2 Å². The number of benzene rings is 1. The zero-order valence-electron chi connectivity index (χ0n) is 12.8. The smallest absolute Gasteiger partial charge is 0.0836 e. The molecule has 3 atom stereocenters. The summed E-state index contributed by atoms with van der Waals surface area (Å²) in [4.78, 5) is 0. The van der Waals surface area contributed by atoms with Crippen LogP contribution in [0.3, 0.4) is 0 Å². The zero-order valence-corrected chi connectivity index (χ0v) is 14.4. The Bertz CT molecular complexity index is 437. The topological polar surface area (TPSA) is 21.3 Å². The van der Waals surface area contributed by atoms with E-state index in [0.717, 1.165) is 29.7 Å². The maximum Gasteiger partial charge on any atom is 0.0836 e. The van der Waals surface area contributed by atoms with Crippen LogP contribution in [-0.4, -0.2) is 25.8 Å². The van der Waals surface area contributed by atoms with Gasteiger partial charge in [-0.25, -0.2) is 0 Å². The second kappa shape index (κ2) is 7.06. The minimum Gasteiger partial charge on any atom is -0.377 e. The Labute approximate surface area is 131 Å². The SMILES string of the molecule is CNC(Cc1cccc(Br)c1)C1(OC)CCCC(C)C1. The van der Waals surface area contributed by atoms with Gasteiger partial charge in [-0.15, -0.1) is 0 Å². The lowest BCUT2D eigenvalue weighted by Crippen LogP contribution is -2.54. The van der Waals surface area contributed by atoms with Crippen molar-refractivity contribution in [3.63, 3.8) is 0 Å². The summed E-state index contributed by atoms with van der Waals surface area (Å²) in [6, 6.07) is 8.96. The van der Waals surface area contributed by atoms with Crippen LogP contribution < -0.4 is 5.32 Å². The largest absolute Gasteiger partial charge is 0.377 e. The minimum atomic E-state index is -0.0191. The number of halogens is 1. The maximum absolute atomic E-state index is 6.03. The zero-order chi connectivity index (χ0) is 14.6. The quantitative estimate of drug-likeness (QED) is 0.868. The van der Waals surface area contributed by atoms with Gasteiger partial charge in [0.15, 0.2) is 0 Å². The van der Waals surface area contributed by atoms with Crippen LogP contribution >= 0.6 is 15.9 Å². The van der Waals surface area contributed by atoms with Gasteiger partial charge in [0.05, 0.1) is 5.60 Å². The van der Waals surface area contributed by atoms with E-state index in [9.17, 15) is 0 Å². The molecule has 0 aliphatic heterocycles. The molecule has 1 N–H and O–H groups in total. The molecule has 1 fully saturated rings. The van der Waals surface area contributed by atoms with E-state index < -0.39 is 0 Å². The van der Waals surface area contributed by atoms with Gasteiger partial charge in [-0.05, 0) is 49.9 Å². The molecule has 1 aromatic rings. The first-order valence-corrected chi connectivity index (χ1v) is 8.36. The summed E-state index contributed by atoms with van der Waals surface area (Å²) in [5.41, 5.74) is 1.34. The second-order valence-electron chi connectivity index (χ2n) is 6.15. The Morgan fingerprint density at radius 1 is 1.50 bits per heavy atom. The van der Waals surface area contributed by atoms with Gasteiger partial charge in [-0.3, -0.25) is 0 Å².